The lowest BCUT2D eigenvalue weighted by molar-refractivity contribution is 0.169. The molecule has 0 bridgehead atoms. The van der Waals surface area contributed by atoms with Crippen molar-refractivity contribution in [2.45, 2.75) is 26.3 Å². The molecular formula is C22H27N3O2. The zero-order valence-corrected chi connectivity index (χ0v) is 16.1. The molecule has 0 saturated carbocycles. The Morgan fingerprint density at radius 3 is 2.81 bits per heavy atom. The molecule has 2 aromatic carbocycles. The first-order valence-corrected chi connectivity index (χ1v) is 9.64. The zero-order chi connectivity index (χ0) is 18.8. The number of aromatic nitrogens is 1. The Kier molecular flexibility index (Phi) is 5.14. The second kappa shape index (κ2) is 7.71. The van der Waals surface area contributed by atoms with Crippen LogP contribution in [0.5, 0.6) is 5.75 Å². The largest absolute Gasteiger partial charge is 0.496 e. The molecule has 5 nitrogen and oxygen atoms in total. The van der Waals surface area contributed by atoms with E-state index in [9.17, 15) is 0 Å². The van der Waals surface area contributed by atoms with E-state index < -0.39 is 0 Å². The van der Waals surface area contributed by atoms with E-state index in [0.717, 1.165) is 59.7 Å². The molecule has 1 atom stereocenters. The van der Waals surface area contributed by atoms with Crippen LogP contribution in [-0.4, -0.2) is 36.6 Å². The summed E-state index contributed by atoms with van der Waals surface area (Å²) in [7, 11) is 1.70. The molecule has 1 aliphatic rings. The molecule has 0 radical (unpaired) electrons. The van der Waals surface area contributed by atoms with E-state index in [1.807, 2.05) is 31.2 Å². The topological polar surface area (TPSA) is 64.5 Å². The van der Waals surface area contributed by atoms with Gasteiger partial charge in [0, 0.05) is 24.0 Å². The molecule has 1 aromatic heterocycles. The first-order valence-electron chi connectivity index (χ1n) is 9.64. The van der Waals surface area contributed by atoms with Crippen LogP contribution in [0.25, 0.3) is 22.2 Å². The number of likely N-dealkylation sites (tertiary alicyclic amines) is 1. The lowest BCUT2D eigenvalue weighted by atomic mass is 9.98. The molecule has 1 fully saturated rings. The third-order valence-corrected chi connectivity index (χ3v) is 5.54. The molecule has 142 valence electrons. The van der Waals surface area contributed by atoms with Crippen LogP contribution in [0, 0.1) is 12.8 Å². The summed E-state index contributed by atoms with van der Waals surface area (Å²) in [4.78, 5) is 7.30. The van der Waals surface area contributed by atoms with Gasteiger partial charge in [0.25, 0.3) is 0 Å². The second-order valence-electron chi connectivity index (χ2n) is 7.36. The smallest absolute Gasteiger partial charge is 0.227 e. The summed E-state index contributed by atoms with van der Waals surface area (Å²) in [5.41, 5.74) is 7.89. The average molecular weight is 365 g/mol. The van der Waals surface area contributed by atoms with Gasteiger partial charge in [-0.1, -0.05) is 24.3 Å². The van der Waals surface area contributed by atoms with Crippen molar-refractivity contribution in [3.05, 3.63) is 47.9 Å². The lowest BCUT2D eigenvalue weighted by Gasteiger charge is -2.31. The predicted octanol–water partition coefficient (Wildman–Crippen LogP) is 3.98. The molecule has 1 unspecified atom stereocenters. The first-order chi connectivity index (χ1) is 13.2. The van der Waals surface area contributed by atoms with Gasteiger partial charge in [0.2, 0.25) is 5.89 Å². The number of hydrogen-bond acceptors (Lipinski definition) is 5. The van der Waals surface area contributed by atoms with Gasteiger partial charge in [0.15, 0.2) is 0 Å². The Morgan fingerprint density at radius 2 is 2.04 bits per heavy atom. The highest BCUT2D eigenvalue weighted by molar-refractivity contribution is 5.98. The molecule has 0 spiro atoms. The molecule has 4 rings (SSSR count). The number of piperidine rings is 1. The fraction of sp³-hybridized carbons (Fsp3) is 0.409. The number of oxazole rings is 1. The highest BCUT2D eigenvalue weighted by atomic mass is 16.5. The van der Waals surface area contributed by atoms with E-state index in [1.165, 1.54) is 12.8 Å². The van der Waals surface area contributed by atoms with Gasteiger partial charge in [-0.2, -0.15) is 0 Å². The van der Waals surface area contributed by atoms with Crippen molar-refractivity contribution in [1.29, 1.82) is 0 Å². The van der Waals surface area contributed by atoms with Crippen molar-refractivity contribution in [3.8, 4) is 17.2 Å². The predicted molar refractivity (Wildman–Crippen MR) is 108 cm³/mol. The van der Waals surface area contributed by atoms with Gasteiger partial charge in [-0.15, -0.1) is 0 Å². The first kappa shape index (κ1) is 18.0. The maximum Gasteiger partial charge on any atom is 0.227 e. The number of fused-ring (bicyclic) bond motifs is 1. The van der Waals surface area contributed by atoms with E-state index in [4.69, 9.17) is 19.9 Å². The molecule has 0 aliphatic carbocycles. The van der Waals surface area contributed by atoms with Crippen molar-refractivity contribution in [3.63, 3.8) is 0 Å². The lowest BCUT2D eigenvalue weighted by Crippen LogP contribution is -2.38. The third-order valence-electron chi connectivity index (χ3n) is 5.54. The summed E-state index contributed by atoms with van der Waals surface area (Å²) in [5, 5.41) is 2.16. The van der Waals surface area contributed by atoms with Crippen molar-refractivity contribution in [1.82, 2.24) is 9.88 Å². The second-order valence-corrected chi connectivity index (χ2v) is 7.36. The van der Waals surface area contributed by atoms with Crippen LogP contribution in [-0.2, 0) is 6.54 Å². The van der Waals surface area contributed by atoms with Crippen molar-refractivity contribution >= 4 is 10.8 Å². The Labute approximate surface area is 160 Å². The van der Waals surface area contributed by atoms with E-state index in [2.05, 4.69) is 17.0 Å². The van der Waals surface area contributed by atoms with Gasteiger partial charge in [-0.25, -0.2) is 4.98 Å². The molecule has 2 N–H and O–H groups in total. The van der Waals surface area contributed by atoms with Crippen LogP contribution in [0.15, 0.2) is 40.8 Å². The van der Waals surface area contributed by atoms with Crippen molar-refractivity contribution < 1.29 is 9.15 Å². The molecule has 1 saturated heterocycles. The van der Waals surface area contributed by atoms with Crippen LogP contribution >= 0.6 is 0 Å². The van der Waals surface area contributed by atoms with Crippen LogP contribution in [0.1, 0.15) is 24.3 Å². The Bertz CT molecular complexity index is 934. The van der Waals surface area contributed by atoms with Gasteiger partial charge >= 0.3 is 0 Å². The summed E-state index contributed by atoms with van der Waals surface area (Å²) in [6.45, 7) is 5.73. The van der Waals surface area contributed by atoms with E-state index in [0.29, 0.717) is 11.8 Å². The van der Waals surface area contributed by atoms with Crippen LogP contribution in [0.2, 0.25) is 0 Å². The summed E-state index contributed by atoms with van der Waals surface area (Å²) in [6, 6.07) is 12.2. The summed E-state index contributed by atoms with van der Waals surface area (Å²) in [5.74, 6) is 3.02. The summed E-state index contributed by atoms with van der Waals surface area (Å²) < 4.78 is 11.6. The highest BCUT2D eigenvalue weighted by Crippen LogP contribution is 2.35. The molecular weight excluding hydrogens is 338 g/mol. The fourth-order valence-corrected chi connectivity index (χ4v) is 4.02. The minimum atomic E-state index is 0.593. The number of aryl methyl sites for hydroxylation is 1. The Hall–Kier alpha value is -2.37. The minimum Gasteiger partial charge on any atom is -0.496 e. The Balaban J connectivity index is 1.65. The van der Waals surface area contributed by atoms with E-state index >= 15 is 0 Å². The normalized spacial score (nSPS) is 18.1. The van der Waals surface area contributed by atoms with E-state index in [-0.39, 0.29) is 0 Å². The number of methoxy groups -OCH3 is 1. The maximum atomic E-state index is 6.07. The van der Waals surface area contributed by atoms with Gasteiger partial charge < -0.3 is 14.9 Å². The van der Waals surface area contributed by atoms with Crippen LogP contribution in [0.4, 0.5) is 0 Å². The van der Waals surface area contributed by atoms with Crippen molar-refractivity contribution in [2.75, 3.05) is 26.7 Å². The molecule has 5 heteroatoms. The quantitative estimate of drug-likeness (QED) is 0.741. The Morgan fingerprint density at radius 1 is 1.22 bits per heavy atom. The SMILES string of the molecule is COc1ccc(-c2nc(CN3CCCC(CN)C3)c(C)o2)c2ccccc12. The maximum absolute atomic E-state index is 6.07. The fourth-order valence-electron chi connectivity index (χ4n) is 4.02. The number of ether oxygens (including phenoxy) is 1. The standard InChI is InChI=1S/C22H27N3O2/c1-15-20(14-25-11-5-6-16(12-23)13-25)24-22(27-15)19-9-10-21(26-2)18-8-4-3-7-17(18)19/h3-4,7-10,16H,5-6,11-14,23H2,1-2H3. The van der Waals surface area contributed by atoms with Gasteiger partial charge in [0.05, 0.1) is 12.8 Å². The zero-order valence-electron chi connectivity index (χ0n) is 16.1. The average Bonchev–Trinajstić information content (AvgIpc) is 3.07. The van der Waals surface area contributed by atoms with Gasteiger partial charge in [0.1, 0.15) is 11.5 Å². The monoisotopic (exact) mass is 365 g/mol. The summed E-state index contributed by atoms with van der Waals surface area (Å²) in [6.07, 6.45) is 2.43. The van der Waals surface area contributed by atoms with E-state index in [1.54, 1.807) is 7.11 Å². The van der Waals surface area contributed by atoms with Gasteiger partial charge in [-0.05, 0) is 56.3 Å². The number of nitrogens with zero attached hydrogens (tertiary/aromatic N) is 2. The number of benzene rings is 2. The minimum absolute atomic E-state index is 0.593. The third kappa shape index (κ3) is 3.57. The van der Waals surface area contributed by atoms with Gasteiger partial charge in [-0.3, -0.25) is 4.90 Å². The summed E-state index contributed by atoms with van der Waals surface area (Å²) >= 11 is 0. The number of hydrogen-bond donors (Lipinski definition) is 1. The molecule has 0 amide bonds. The number of nitrogens with two attached hydrogens (primary N) is 1. The highest BCUT2D eigenvalue weighted by Gasteiger charge is 2.22. The van der Waals surface area contributed by atoms with Crippen LogP contribution < -0.4 is 10.5 Å². The molecule has 3 aromatic rings. The van der Waals surface area contributed by atoms with Crippen molar-refractivity contribution in [2.24, 2.45) is 11.7 Å². The number of rotatable bonds is 5. The molecule has 27 heavy (non-hydrogen) atoms. The van der Waals surface area contributed by atoms with Crippen LogP contribution in [0.3, 0.4) is 0 Å². The molecule has 1 aliphatic heterocycles. The molecule has 2 heterocycles.